The Labute approximate surface area is 123 Å². The van der Waals surface area contributed by atoms with Crippen molar-refractivity contribution in [3.05, 3.63) is 28.1 Å². The first-order valence-corrected chi connectivity index (χ1v) is 7.32. The highest BCUT2D eigenvalue weighted by Crippen LogP contribution is 2.14. The number of aryl methyl sites for hydroxylation is 1. The lowest BCUT2D eigenvalue weighted by Gasteiger charge is -2.09. The van der Waals surface area contributed by atoms with Gasteiger partial charge in [0.15, 0.2) is 0 Å². The maximum absolute atomic E-state index is 12.1. The summed E-state index contributed by atoms with van der Waals surface area (Å²) in [5.41, 5.74) is -0.186. The number of hydrogen-bond acceptors (Lipinski definition) is 7. The highest BCUT2D eigenvalue weighted by atomic mass is 32.1. The van der Waals surface area contributed by atoms with E-state index in [0.717, 1.165) is 0 Å². The zero-order chi connectivity index (χ0) is 14.8. The molecule has 0 saturated carbocycles. The number of rotatable bonds is 4. The molecule has 0 aliphatic carbocycles. The minimum Gasteiger partial charge on any atom is -0.463 e. The highest BCUT2D eigenvalue weighted by molar-refractivity contribution is 7.16. The maximum Gasteiger partial charge on any atom is 0.347 e. The molecule has 0 N–H and O–H groups in total. The fourth-order valence-corrected chi connectivity index (χ4v) is 2.79. The Morgan fingerprint density at radius 1 is 1.52 bits per heavy atom. The van der Waals surface area contributed by atoms with Gasteiger partial charge in [-0.25, -0.2) is 9.78 Å². The van der Waals surface area contributed by atoms with Gasteiger partial charge in [0.2, 0.25) is 6.10 Å². The number of fused-ring (bicyclic) bond motifs is 1. The minimum atomic E-state index is -0.813. The molecule has 110 valence electrons. The summed E-state index contributed by atoms with van der Waals surface area (Å²) in [4.78, 5) is 39.8. The molecule has 1 aliphatic rings. The number of nitrogens with zero attached hydrogens (tertiary/aromatic N) is 2. The number of ether oxygens (including phenoxy) is 2. The zero-order valence-electron chi connectivity index (χ0n) is 11.0. The summed E-state index contributed by atoms with van der Waals surface area (Å²) in [7, 11) is 0. The molecule has 0 radical (unpaired) electrons. The van der Waals surface area contributed by atoms with Crippen LogP contribution in [0.1, 0.15) is 12.8 Å². The van der Waals surface area contributed by atoms with Gasteiger partial charge in [0.25, 0.3) is 5.56 Å². The summed E-state index contributed by atoms with van der Waals surface area (Å²) < 4.78 is 11.1. The predicted octanol–water partition coefficient (Wildman–Crippen LogP) is 0.707. The molecule has 0 aromatic carbocycles. The minimum absolute atomic E-state index is 0.00100. The van der Waals surface area contributed by atoms with Crippen molar-refractivity contribution in [3.63, 3.8) is 0 Å². The van der Waals surface area contributed by atoms with Gasteiger partial charge in [-0.1, -0.05) is 0 Å². The van der Waals surface area contributed by atoms with Crippen molar-refractivity contribution in [2.24, 2.45) is 0 Å². The van der Waals surface area contributed by atoms with Crippen molar-refractivity contribution < 1.29 is 19.1 Å². The van der Waals surface area contributed by atoms with Gasteiger partial charge < -0.3 is 9.47 Å². The molecule has 3 heterocycles. The topological polar surface area (TPSA) is 87.5 Å². The molecule has 1 fully saturated rings. The first kappa shape index (κ1) is 13.7. The molecule has 3 rings (SSSR count). The molecule has 0 unspecified atom stereocenters. The first-order chi connectivity index (χ1) is 10.1. The van der Waals surface area contributed by atoms with E-state index in [4.69, 9.17) is 9.47 Å². The van der Waals surface area contributed by atoms with Crippen LogP contribution < -0.4 is 5.56 Å². The number of carbonyl (C=O) groups is 2. The van der Waals surface area contributed by atoms with Gasteiger partial charge >= 0.3 is 11.9 Å². The second-order valence-corrected chi connectivity index (χ2v) is 5.46. The van der Waals surface area contributed by atoms with Crippen LogP contribution in [0.4, 0.5) is 0 Å². The van der Waals surface area contributed by atoms with Crippen molar-refractivity contribution in [1.82, 2.24) is 9.55 Å². The van der Waals surface area contributed by atoms with Crippen LogP contribution in [0.25, 0.3) is 10.2 Å². The van der Waals surface area contributed by atoms with Crippen LogP contribution in [-0.2, 0) is 25.6 Å². The van der Waals surface area contributed by atoms with Crippen LogP contribution >= 0.6 is 11.3 Å². The summed E-state index contributed by atoms with van der Waals surface area (Å²) in [6.45, 7) is 0.438. The summed E-state index contributed by atoms with van der Waals surface area (Å²) in [5.74, 6) is -1.04. The smallest absolute Gasteiger partial charge is 0.347 e. The van der Waals surface area contributed by atoms with E-state index < -0.39 is 18.0 Å². The Bertz CT molecular complexity index is 750. The van der Waals surface area contributed by atoms with Crippen molar-refractivity contribution in [2.45, 2.75) is 25.5 Å². The first-order valence-electron chi connectivity index (χ1n) is 6.44. The Morgan fingerprint density at radius 3 is 3.14 bits per heavy atom. The molecule has 0 bridgehead atoms. The van der Waals surface area contributed by atoms with E-state index in [2.05, 4.69) is 4.98 Å². The fourth-order valence-electron chi connectivity index (χ4n) is 2.07. The molecule has 2 aromatic rings. The lowest BCUT2D eigenvalue weighted by molar-refractivity contribution is -0.160. The van der Waals surface area contributed by atoms with E-state index >= 15 is 0 Å². The van der Waals surface area contributed by atoms with E-state index in [1.165, 1.54) is 22.2 Å². The SMILES string of the molecule is O=C(CCn1cnc2sccc2c1=O)O[C@H]1CCOC1=O. The average molecular weight is 308 g/mol. The lowest BCUT2D eigenvalue weighted by Crippen LogP contribution is -2.25. The van der Waals surface area contributed by atoms with Crippen LogP contribution in [-0.4, -0.2) is 34.2 Å². The number of esters is 2. The second-order valence-electron chi connectivity index (χ2n) is 4.57. The molecule has 1 saturated heterocycles. The molecular formula is C13H12N2O5S. The van der Waals surface area contributed by atoms with Gasteiger partial charge in [0, 0.05) is 13.0 Å². The Hall–Kier alpha value is -2.22. The quantitative estimate of drug-likeness (QED) is 0.773. The highest BCUT2D eigenvalue weighted by Gasteiger charge is 2.29. The fraction of sp³-hybridized carbons (Fsp3) is 0.385. The monoisotopic (exact) mass is 308 g/mol. The van der Waals surface area contributed by atoms with Crippen molar-refractivity contribution in [1.29, 1.82) is 0 Å². The van der Waals surface area contributed by atoms with Gasteiger partial charge in [-0.15, -0.1) is 11.3 Å². The van der Waals surface area contributed by atoms with Crippen LogP contribution in [0.15, 0.2) is 22.6 Å². The summed E-state index contributed by atoms with van der Waals surface area (Å²) in [6, 6.07) is 1.71. The number of aromatic nitrogens is 2. The largest absolute Gasteiger partial charge is 0.463 e. The third kappa shape index (κ3) is 2.80. The molecule has 7 nitrogen and oxygen atoms in total. The molecule has 1 atom stereocenters. The van der Waals surface area contributed by atoms with Gasteiger partial charge in [0.1, 0.15) is 4.83 Å². The summed E-state index contributed by atoms with van der Waals surface area (Å²) in [6.07, 6.45) is 0.985. The van der Waals surface area contributed by atoms with Crippen molar-refractivity contribution >= 4 is 33.5 Å². The maximum atomic E-state index is 12.1. The van der Waals surface area contributed by atoms with Gasteiger partial charge in [-0.3, -0.25) is 14.2 Å². The number of carbonyl (C=O) groups excluding carboxylic acids is 2. The van der Waals surface area contributed by atoms with Gasteiger partial charge in [-0.2, -0.15) is 0 Å². The van der Waals surface area contributed by atoms with Crippen molar-refractivity contribution in [3.8, 4) is 0 Å². The van der Waals surface area contributed by atoms with E-state index in [1.54, 1.807) is 11.4 Å². The zero-order valence-corrected chi connectivity index (χ0v) is 11.8. The van der Waals surface area contributed by atoms with Gasteiger partial charge in [-0.05, 0) is 11.4 Å². The van der Waals surface area contributed by atoms with Crippen LogP contribution in [0.3, 0.4) is 0 Å². The molecule has 8 heteroatoms. The average Bonchev–Trinajstić information content (AvgIpc) is 3.08. The molecule has 21 heavy (non-hydrogen) atoms. The number of cyclic esters (lactones) is 1. The van der Waals surface area contributed by atoms with E-state index in [9.17, 15) is 14.4 Å². The Kier molecular flexibility index (Phi) is 3.70. The standard InChI is InChI=1S/C13H12N2O5S/c16-10(20-9-2-5-19-13(9)18)1-4-15-7-14-11-8(12(15)17)3-6-21-11/h3,6-7,9H,1-2,4-5H2/t9-/m0/s1. The summed E-state index contributed by atoms with van der Waals surface area (Å²) >= 11 is 1.39. The molecular weight excluding hydrogens is 296 g/mol. The third-order valence-electron chi connectivity index (χ3n) is 3.17. The summed E-state index contributed by atoms with van der Waals surface area (Å²) in [5, 5.41) is 2.33. The van der Waals surface area contributed by atoms with E-state index in [-0.39, 0.29) is 25.1 Å². The van der Waals surface area contributed by atoms with Crippen molar-refractivity contribution in [2.75, 3.05) is 6.61 Å². The third-order valence-corrected chi connectivity index (χ3v) is 3.99. The molecule has 0 spiro atoms. The predicted molar refractivity (Wildman–Crippen MR) is 74.0 cm³/mol. The van der Waals surface area contributed by atoms with Gasteiger partial charge in [0.05, 0.1) is 24.7 Å². The van der Waals surface area contributed by atoms with Crippen LogP contribution in [0, 0.1) is 0 Å². The number of hydrogen-bond donors (Lipinski definition) is 0. The second kappa shape index (κ2) is 5.65. The lowest BCUT2D eigenvalue weighted by atomic mass is 10.3. The number of thiophene rings is 1. The Balaban J connectivity index is 1.63. The molecule has 0 amide bonds. The molecule has 2 aromatic heterocycles. The van der Waals surface area contributed by atoms with E-state index in [0.29, 0.717) is 16.6 Å². The van der Waals surface area contributed by atoms with E-state index in [1.807, 2.05) is 0 Å². The molecule has 1 aliphatic heterocycles. The normalized spacial score (nSPS) is 17.9. The van der Waals surface area contributed by atoms with Crippen LogP contribution in [0.5, 0.6) is 0 Å². The Morgan fingerprint density at radius 2 is 2.38 bits per heavy atom. The van der Waals surface area contributed by atoms with Crippen LogP contribution in [0.2, 0.25) is 0 Å².